The van der Waals surface area contributed by atoms with E-state index in [9.17, 15) is 4.79 Å². The molecule has 4 fully saturated rings. The molecule has 4 bridgehead atoms. The van der Waals surface area contributed by atoms with Gasteiger partial charge in [-0.3, -0.25) is 9.28 Å². The van der Waals surface area contributed by atoms with Gasteiger partial charge in [0.1, 0.15) is 19.9 Å². The van der Waals surface area contributed by atoms with Crippen molar-refractivity contribution in [2.45, 2.75) is 0 Å². The number of nitrogens with zero attached hydrogens (tertiary/aromatic N) is 3. The summed E-state index contributed by atoms with van der Waals surface area (Å²) in [6.07, 6.45) is 0. The van der Waals surface area contributed by atoms with Crippen LogP contribution in [0.25, 0.3) is 0 Å². The highest BCUT2D eigenvalue weighted by atomic mass is 127. The van der Waals surface area contributed by atoms with Gasteiger partial charge in [0.25, 0.3) is 0 Å². The van der Waals surface area contributed by atoms with E-state index < -0.39 is 0 Å². The van der Waals surface area contributed by atoms with E-state index in [0.29, 0.717) is 11.6 Å². The monoisotopic (exact) mass is 419 g/mol. The summed E-state index contributed by atoms with van der Waals surface area (Å²) in [5.74, 6) is 0.982. The van der Waals surface area contributed by atoms with Crippen molar-refractivity contribution < 1.29 is 33.3 Å². The SMILES string of the molecule is O=C(C[N+]12CC3CN(CN(C3)C1)C2)c1ccc(Cl)cc1.[I-]. The van der Waals surface area contributed by atoms with Gasteiger partial charge < -0.3 is 24.0 Å². The molecule has 114 valence electrons. The van der Waals surface area contributed by atoms with E-state index >= 15 is 0 Å². The van der Waals surface area contributed by atoms with Crippen LogP contribution < -0.4 is 24.0 Å². The van der Waals surface area contributed by atoms with Crippen LogP contribution in [-0.2, 0) is 0 Å². The summed E-state index contributed by atoms with van der Waals surface area (Å²) in [7, 11) is 0. The Morgan fingerprint density at radius 2 is 1.81 bits per heavy atom. The predicted octanol–water partition coefficient (Wildman–Crippen LogP) is -1.52. The molecule has 2 atom stereocenters. The van der Waals surface area contributed by atoms with Crippen molar-refractivity contribution in [3.05, 3.63) is 34.9 Å². The minimum absolute atomic E-state index is 0. The first-order valence-electron chi connectivity index (χ1n) is 7.21. The Bertz CT molecular complexity index is 513. The summed E-state index contributed by atoms with van der Waals surface area (Å²) in [6.45, 7) is 7.36. The number of ketones is 1. The lowest BCUT2D eigenvalue weighted by molar-refractivity contribution is -0.963. The molecule has 0 spiro atoms. The van der Waals surface area contributed by atoms with E-state index in [0.717, 1.165) is 42.5 Å². The van der Waals surface area contributed by atoms with E-state index in [-0.39, 0.29) is 29.8 Å². The Hall–Kier alpha value is -0.210. The fourth-order valence-corrected chi connectivity index (χ4v) is 4.39. The Labute approximate surface area is 147 Å². The predicted molar refractivity (Wildman–Crippen MR) is 77.3 cm³/mol. The third-order valence-electron chi connectivity index (χ3n) is 4.72. The Balaban J connectivity index is 0.00000132. The lowest BCUT2D eigenvalue weighted by atomic mass is 9.97. The minimum Gasteiger partial charge on any atom is -1.00 e. The molecule has 4 aliphatic heterocycles. The Kier molecular flexibility index (Phi) is 4.31. The number of benzene rings is 1. The normalized spacial score (nSPS) is 36.3. The van der Waals surface area contributed by atoms with Crippen LogP contribution in [0.5, 0.6) is 0 Å². The summed E-state index contributed by atoms with van der Waals surface area (Å²) in [4.78, 5) is 17.5. The molecular weight excluding hydrogens is 401 g/mol. The molecule has 0 saturated carbocycles. The second kappa shape index (κ2) is 5.77. The van der Waals surface area contributed by atoms with Gasteiger partial charge in [0.05, 0.1) is 13.2 Å². The van der Waals surface area contributed by atoms with Crippen LogP contribution in [0.15, 0.2) is 24.3 Å². The van der Waals surface area contributed by atoms with Crippen LogP contribution in [0, 0.1) is 5.92 Å². The van der Waals surface area contributed by atoms with Crippen molar-refractivity contribution in [3.8, 4) is 0 Å². The van der Waals surface area contributed by atoms with Gasteiger partial charge in [-0.2, -0.15) is 0 Å². The fraction of sp³-hybridized carbons (Fsp3) is 0.533. The summed E-state index contributed by atoms with van der Waals surface area (Å²) >= 11 is 5.89. The van der Waals surface area contributed by atoms with Crippen LogP contribution >= 0.6 is 11.6 Å². The van der Waals surface area contributed by atoms with Gasteiger partial charge in [0.2, 0.25) is 5.78 Å². The quantitative estimate of drug-likeness (QED) is 0.338. The van der Waals surface area contributed by atoms with E-state index in [1.165, 1.54) is 13.1 Å². The van der Waals surface area contributed by atoms with E-state index in [1.807, 2.05) is 12.1 Å². The summed E-state index contributed by atoms with van der Waals surface area (Å²) in [5, 5.41) is 0.683. The van der Waals surface area contributed by atoms with E-state index in [1.54, 1.807) is 12.1 Å². The van der Waals surface area contributed by atoms with Gasteiger partial charge in [-0.25, -0.2) is 9.80 Å². The van der Waals surface area contributed by atoms with Crippen molar-refractivity contribution in [2.24, 2.45) is 5.92 Å². The average Bonchev–Trinajstić information content (AvgIpc) is 2.37. The van der Waals surface area contributed by atoms with Gasteiger partial charge in [0, 0.05) is 29.6 Å². The molecule has 4 aliphatic rings. The maximum absolute atomic E-state index is 12.5. The number of quaternary nitrogens is 1. The highest BCUT2D eigenvalue weighted by Crippen LogP contribution is 2.32. The lowest BCUT2D eigenvalue weighted by Crippen LogP contribution is -3.00. The highest BCUT2D eigenvalue weighted by molar-refractivity contribution is 6.30. The molecule has 4 nitrogen and oxygen atoms in total. The van der Waals surface area contributed by atoms with Crippen LogP contribution in [-0.4, -0.2) is 66.3 Å². The molecule has 2 unspecified atom stereocenters. The van der Waals surface area contributed by atoms with Crippen LogP contribution in [0.3, 0.4) is 0 Å². The zero-order chi connectivity index (χ0) is 13.7. The summed E-state index contributed by atoms with van der Waals surface area (Å²) in [5.41, 5.74) is 0.785. The van der Waals surface area contributed by atoms with E-state index in [2.05, 4.69) is 9.80 Å². The Morgan fingerprint density at radius 3 is 2.38 bits per heavy atom. The number of hydrogen-bond acceptors (Lipinski definition) is 3. The second-order valence-corrected chi connectivity index (χ2v) is 7.05. The van der Waals surface area contributed by atoms with Gasteiger partial charge in [-0.05, 0) is 24.3 Å². The molecule has 5 rings (SSSR count). The molecule has 0 aliphatic carbocycles. The van der Waals surface area contributed by atoms with Crippen LogP contribution in [0.4, 0.5) is 0 Å². The van der Waals surface area contributed by atoms with Crippen LogP contribution in [0.2, 0.25) is 5.02 Å². The topological polar surface area (TPSA) is 23.6 Å². The van der Waals surface area contributed by atoms with E-state index in [4.69, 9.17) is 11.6 Å². The molecule has 4 heterocycles. The molecule has 0 amide bonds. The maximum Gasteiger partial charge on any atom is 0.217 e. The third kappa shape index (κ3) is 2.99. The molecule has 0 radical (unpaired) electrons. The maximum atomic E-state index is 12.5. The molecule has 21 heavy (non-hydrogen) atoms. The van der Waals surface area contributed by atoms with Gasteiger partial charge >= 0.3 is 0 Å². The van der Waals surface area contributed by atoms with Crippen molar-refractivity contribution in [3.63, 3.8) is 0 Å². The lowest BCUT2D eigenvalue weighted by Gasteiger charge is -2.59. The Morgan fingerprint density at radius 1 is 1.19 bits per heavy atom. The first kappa shape index (κ1) is 15.7. The molecule has 6 heteroatoms. The zero-order valence-electron chi connectivity index (χ0n) is 11.8. The number of carbonyl (C=O) groups excluding carboxylic acids is 1. The number of rotatable bonds is 3. The molecule has 4 saturated heterocycles. The van der Waals surface area contributed by atoms with Gasteiger partial charge in [0.15, 0.2) is 0 Å². The standard InChI is InChI=1S/C15H19ClN3O.HI/c16-14-3-1-13(2-4-14)15(20)8-19-7-12-5-17(10-19)9-18(6-12)11-19;/h1-4,12H,5-11H2;1H/q+1;/p-1. The fourth-order valence-electron chi connectivity index (χ4n) is 4.26. The number of Topliss-reactive ketones (excluding diaryl/α,β-unsaturated/α-hetero) is 1. The molecule has 1 aromatic carbocycles. The van der Waals surface area contributed by atoms with Gasteiger partial charge in [-0.1, -0.05) is 11.6 Å². The van der Waals surface area contributed by atoms with Gasteiger partial charge in [-0.15, -0.1) is 0 Å². The first-order valence-corrected chi connectivity index (χ1v) is 7.58. The van der Waals surface area contributed by atoms with Crippen LogP contribution in [0.1, 0.15) is 10.4 Å². The average molecular weight is 420 g/mol. The molecule has 1 aromatic rings. The van der Waals surface area contributed by atoms with Crippen molar-refractivity contribution in [1.29, 1.82) is 0 Å². The number of hydrogen-bond donors (Lipinski definition) is 0. The molecule has 0 aromatic heterocycles. The first-order chi connectivity index (χ1) is 9.62. The summed E-state index contributed by atoms with van der Waals surface area (Å²) < 4.78 is 0.923. The molecule has 0 N–H and O–H groups in total. The highest BCUT2D eigenvalue weighted by Gasteiger charge is 2.50. The largest absolute Gasteiger partial charge is 1.00 e. The number of carbonyl (C=O) groups is 1. The van der Waals surface area contributed by atoms with Crippen molar-refractivity contribution >= 4 is 17.4 Å². The van der Waals surface area contributed by atoms with Crippen molar-refractivity contribution in [1.82, 2.24) is 9.80 Å². The smallest absolute Gasteiger partial charge is 0.217 e. The third-order valence-corrected chi connectivity index (χ3v) is 4.98. The second-order valence-electron chi connectivity index (χ2n) is 6.61. The zero-order valence-corrected chi connectivity index (χ0v) is 14.8. The number of halogens is 2. The molecular formula is C15H19ClIN3O. The minimum atomic E-state index is 0. The summed E-state index contributed by atoms with van der Waals surface area (Å²) in [6, 6.07) is 7.29. The van der Waals surface area contributed by atoms with Crippen molar-refractivity contribution in [2.75, 3.05) is 46.2 Å².